The van der Waals surface area contributed by atoms with Crippen LogP contribution in [0.5, 0.6) is 0 Å². The molecular weight excluding hydrogens is 176 g/mol. The lowest BCUT2D eigenvalue weighted by atomic mass is 9.90. The van der Waals surface area contributed by atoms with E-state index in [-0.39, 0.29) is 0 Å². The van der Waals surface area contributed by atoms with E-state index in [1.54, 1.807) is 0 Å². The van der Waals surface area contributed by atoms with Gasteiger partial charge >= 0.3 is 0 Å². The van der Waals surface area contributed by atoms with Crippen LogP contribution in [-0.2, 0) is 0 Å². The van der Waals surface area contributed by atoms with Crippen LogP contribution in [0.15, 0.2) is 35.8 Å². The molecule has 0 spiro atoms. The van der Waals surface area contributed by atoms with E-state index in [0.717, 1.165) is 0 Å². The van der Waals surface area contributed by atoms with Gasteiger partial charge in [-0.25, -0.2) is 0 Å². The van der Waals surface area contributed by atoms with E-state index in [2.05, 4.69) is 51.7 Å². The second-order valence-corrected chi connectivity index (χ2v) is 5.49. The van der Waals surface area contributed by atoms with Crippen molar-refractivity contribution < 1.29 is 0 Å². The predicted octanol–water partition coefficient (Wildman–Crippen LogP) is 4.02. The first-order valence-electron chi connectivity index (χ1n) is 4.81. The normalized spacial score (nSPS) is 26.8. The highest BCUT2D eigenvalue weighted by molar-refractivity contribution is 8.03. The molecule has 2 unspecified atom stereocenters. The second-order valence-electron chi connectivity index (χ2n) is 3.79. The Labute approximate surface area is 85.8 Å². The van der Waals surface area contributed by atoms with Crippen molar-refractivity contribution in [3.8, 4) is 0 Å². The maximum absolute atomic E-state index is 4.15. The third-order valence-corrected chi connectivity index (χ3v) is 3.22. The lowest BCUT2D eigenvalue weighted by Crippen LogP contribution is -2.10. The van der Waals surface area contributed by atoms with Gasteiger partial charge in [0.05, 0.1) is 0 Å². The summed E-state index contributed by atoms with van der Waals surface area (Å²) in [6, 6.07) is 0. The van der Waals surface area contributed by atoms with Gasteiger partial charge in [-0.05, 0) is 10.8 Å². The molecule has 0 aromatic rings. The van der Waals surface area contributed by atoms with Gasteiger partial charge in [0.2, 0.25) is 0 Å². The summed E-state index contributed by atoms with van der Waals surface area (Å²) in [7, 11) is 0. The Hall–Kier alpha value is -0.430. The van der Waals surface area contributed by atoms with Gasteiger partial charge in [0.1, 0.15) is 0 Å². The SMILES string of the molecule is C=C(SC(C)C)C1C=CC=CC1C. The Morgan fingerprint density at radius 2 is 1.92 bits per heavy atom. The minimum Gasteiger partial charge on any atom is -0.128 e. The zero-order valence-electron chi connectivity index (χ0n) is 8.66. The van der Waals surface area contributed by atoms with E-state index in [4.69, 9.17) is 0 Å². The summed E-state index contributed by atoms with van der Waals surface area (Å²) in [4.78, 5) is 1.29. The van der Waals surface area contributed by atoms with Crippen LogP contribution in [0.2, 0.25) is 0 Å². The van der Waals surface area contributed by atoms with Crippen molar-refractivity contribution in [2.24, 2.45) is 11.8 Å². The Morgan fingerprint density at radius 1 is 1.31 bits per heavy atom. The molecule has 0 radical (unpaired) electrons. The monoisotopic (exact) mass is 194 g/mol. The van der Waals surface area contributed by atoms with Gasteiger partial charge in [-0.2, -0.15) is 0 Å². The molecule has 0 nitrogen and oxygen atoms in total. The topological polar surface area (TPSA) is 0 Å². The Kier molecular flexibility index (Phi) is 3.86. The quantitative estimate of drug-likeness (QED) is 0.654. The second kappa shape index (κ2) is 4.71. The number of hydrogen-bond acceptors (Lipinski definition) is 1. The summed E-state index contributed by atoms with van der Waals surface area (Å²) in [6.07, 6.45) is 8.74. The van der Waals surface area contributed by atoms with Gasteiger partial charge < -0.3 is 0 Å². The van der Waals surface area contributed by atoms with Gasteiger partial charge in [-0.1, -0.05) is 51.7 Å². The van der Waals surface area contributed by atoms with Gasteiger partial charge in [-0.3, -0.25) is 0 Å². The number of thioether (sulfide) groups is 1. The third-order valence-electron chi connectivity index (χ3n) is 2.17. The zero-order chi connectivity index (χ0) is 9.84. The fraction of sp³-hybridized carbons (Fsp3) is 0.500. The first-order valence-corrected chi connectivity index (χ1v) is 5.69. The molecule has 0 amide bonds. The molecule has 72 valence electrons. The van der Waals surface area contributed by atoms with Crippen molar-refractivity contribution in [2.75, 3.05) is 0 Å². The minimum absolute atomic E-state index is 0.525. The van der Waals surface area contributed by atoms with E-state index in [1.165, 1.54) is 4.91 Å². The molecule has 0 saturated carbocycles. The van der Waals surface area contributed by atoms with Crippen molar-refractivity contribution in [1.29, 1.82) is 0 Å². The Morgan fingerprint density at radius 3 is 2.46 bits per heavy atom. The highest BCUT2D eigenvalue weighted by atomic mass is 32.2. The average molecular weight is 194 g/mol. The number of hydrogen-bond donors (Lipinski definition) is 0. The van der Waals surface area contributed by atoms with Crippen LogP contribution in [0.4, 0.5) is 0 Å². The maximum atomic E-state index is 4.15. The lowest BCUT2D eigenvalue weighted by Gasteiger charge is -2.23. The molecule has 0 fully saturated rings. The molecule has 0 saturated heterocycles. The number of allylic oxidation sites excluding steroid dienone is 5. The highest BCUT2D eigenvalue weighted by Crippen LogP contribution is 2.34. The van der Waals surface area contributed by atoms with Crippen LogP contribution in [0.25, 0.3) is 0 Å². The molecule has 1 rings (SSSR count). The predicted molar refractivity (Wildman–Crippen MR) is 62.8 cm³/mol. The van der Waals surface area contributed by atoms with Crippen LogP contribution in [-0.4, -0.2) is 5.25 Å². The standard InChI is InChI=1S/C12H18S/c1-9(2)13-11(4)12-8-6-5-7-10(12)3/h5-10,12H,4H2,1-3H3. The van der Waals surface area contributed by atoms with Gasteiger partial charge in [0.25, 0.3) is 0 Å². The molecular formula is C12H18S. The van der Waals surface area contributed by atoms with Crippen LogP contribution in [0.1, 0.15) is 20.8 Å². The molecule has 0 aromatic carbocycles. The molecule has 1 aliphatic rings. The van der Waals surface area contributed by atoms with E-state index in [0.29, 0.717) is 17.1 Å². The summed E-state index contributed by atoms with van der Waals surface area (Å²) >= 11 is 1.89. The first kappa shape index (κ1) is 10.6. The molecule has 1 aliphatic carbocycles. The van der Waals surface area contributed by atoms with Crippen molar-refractivity contribution >= 4 is 11.8 Å². The molecule has 2 atom stereocenters. The van der Waals surface area contributed by atoms with E-state index < -0.39 is 0 Å². The molecule has 0 aromatic heterocycles. The molecule has 0 aliphatic heterocycles. The van der Waals surface area contributed by atoms with Crippen LogP contribution >= 0.6 is 11.8 Å². The molecule has 0 heterocycles. The Bertz CT molecular complexity index is 236. The molecule has 0 bridgehead atoms. The summed E-state index contributed by atoms with van der Waals surface area (Å²) in [5, 5.41) is 0.638. The van der Waals surface area contributed by atoms with Crippen molar-refractivity contribution in [3.63, 3.8) is 0 Å². The summed E-state index contributed by atoms with van der Waals surface area (Å²) in [5.41, 5.74) is 0. The van der Waals surface area contributed by atoms with Crippen molar-refractivity contribution in [1.82, 2.24) is 0 Å². The first-order chi connectivity index (χ1) is 6.11. The van der Waals surface area contributed by atoms with Gasteiger partial charge in [0, 0.05) is 11.2 Å². The summed E-state index contributed by atoms with van der Waals surface area (Å²) in [6.45, 7) is 10.8. The molecule has 1 heteroatoms. The highest BCUT2D eigenvalue weighted by Gasteiger charge is 2.17. The van der Waals surface area contributed by atoms with E-state index in [9.17, 15) is 0 Å². The van der Waals surface area contributed by atoms with E-state index >= 15 is 0 Å². The van der Waals surface area contributed by atoms with Crippen LogP contribution in [0.3, 0.4) is 0 Å². The summed E-state index contributed by atoms with van der Waals surface area (Å²) < 4.78 is 0. The maximum Gasteiger partial charge on any atom is 0.0135 e. The van der Waals surface area contributed by atoms with Crippen molar-refractivity contribution in [3.05, 3.63) is 35.8 Å². The van der Waals surface area contributed by atoms with Crippen molar-refractivity contribution in [2.45, 2.75) is 26.0 Å². The van der Waals surface area contributed by atoms with E-state index in [1.807, 2.05) is 11.8 Å². The Balaban J connectivity index is 2.56. The van der Waals surface area contributed by atoms with Gasteiger partial charge in [-0.15, -0.1) is 11.8 Å². The average Bonchev–Trinajstić information content (AvgIpc) is 2.03. The lowest BCUT2D eigenvalue weighted by molar-refractivity contribution is 0.599. The third kappa shape index (κ3) is 3.07. The molecule has 0 N–H and O–H groups in total. The minimum atomic E-state index is 0.525. The zero-order valence-corrected chi connectivity index (χ0v) is 9.47. The van der Waals surface area contributed by atoms with Gasteiger partial charge in [0.15, 0.2) is 0 Å². The largest absolute Gasteiger partial charge is 0.128 e. The van der Waals surface area contributed by atoms with Crippen LogP contribution < -0.4 is 0 Å². The summed E-state index contributed by atoms with van der Waals surface area (Å²) in [5.74, 6) is 1.13. The van der Waals surface area contributed by atoms with Crippen LogP contribution in [0, 0.1) is 11.8 Å². The fourth-order valence-corrected chi connectivity index (χ4v) is 2.56. The smallest absolute Gasteiger partial charge is 0.0135 e. The number of rotatable bonds is 3. The molecule has 13 heavy (non-hydrogen) atoms. The fourth-order valence-electron chi connectivity index (χ4n) is 1.50.